The van der Waals surface area contributed by atoms with Gasteiger partial charge in [-0.2, -0.15) is 0 Å². The predicted molar refractivity (Wildman–Crippen MR) is 108 cm³/mol. The molecule has 0 fully saturated rings. The van der Waals surface area contributed by atoms with Gasteiger partial charge in [0.25, 0.3) is 5.97 Å². The van der Waals surface area contributed by atoms with Gasteiger partial charge in [0.1, 0.15) is 0 Å². The first-order valence-corrected chi connectivity index (χ1v) is 9.95. The minimum Gasteiger partial charge on any atom is -0.481 e. The van der Waals surface area contributed by atoms with Crippen LogP contribution in [0.3, 0.4) is 0 Å². The number of carboxylic acids is 1. The molecule has 5 N–H and O–H groups in total. The second-order valence-corrected chi connectivity index (χ2v) is 6.36. The third kappa shape index (κ3) is 30.3. The molecule has 0 aliphatic heterocycles. The first-order valence-electron chi connectivity index (χ1n) is 9.95. The smallest absolute Gasteiger partial charge is 0.300 e. The van der Waals surface area contributed by atoms with Crippen LogP contribution >= 0.6 is 0 Å². The van der Waals surface area contributed by atoms with E-state index in [0.29, 0.717) is 6.42 Å². The van der Waals surface area contributed by atoms with Gasteiger partial charge in [0, 0.05) is 26.4 Å². The lowest BCUT2D eigenvalue weighted by Crippen LogP contribution is -2.23. The van der Waals surface area contributed by atoms with E-state index in [1.165, 1.54) is 44.9 Å². The van der Waals surface area contributed by atoms with Gasteiger partial charge in [0.15, 0.2) is 0 Å². The summed E-state index contributed by atoms with van der Waals surface area (Å²) >= 11 is 0. The monoisotopic (exact) mass is 372 g/mol. The zero-order chi connectivity index (χ0) is 19.9. The number of hydrogen-bond acceptors (Lipinski definition) is 4. The molecular weight excluding hydrogens is 332 g/mol. The maximum atomic E-state index is 11.6. The molecule has 0 saturated carbocycles. The Morgan fingerprint density at radius 2 is 1.50 bits per heavy atom. The molecule has 0 heterocycles. The van der Waals surface area contributed by atoms with Crippen LogP contribution in [0.2, 0.25) is 0 Å². The number of nitrogens with zero attached hydrogens (tertiary/aromatic N) is 1. The highest BCUT2D eigenvalue weighted by Gasteiger charge is 2.00. The number of carboxylic acid groups (broad SMARTS) is 1. The number of rotatable bonds is 16. The highest BCUT2D eigenvalue weighted by atomic mass is 16.4. The molecule has 0 rings (SSSR count). The quantitative estimate of drug-likeness (QED) is 0.109. The zero-order valence-electron chi connectivity index (χ0n) is 16.8. The van der Waals surface area contributed by atoms with Crippen LogP contribution in [-0.2, 0) is 9.59 Å². The maximum absolute atomic E-state index is 11.6. The zero-order valence-corrected chi connectivity index (χ0v) is 16.8. The van der Waals surface area contributed by atoms with E-state index in [1.807, 2.05) is 0 Å². The van der Waals surface area contributed by atoms with E-state index in [9.17, 15) is 4.79 Å². The molecule has 0 aromatic carbocycles. The van der Waals surface area contributed by atoms with Crippen molar-refractivity contribution in [3.05, 3.63) is 0 Å². The van der Waals surface area contributed by atoms with E-state index in [4.69, 9.17) is 15.7 Å². The minimum atomic E-state index is -0.833. The first-order chi connectivity index (χ1) is 12.5. The lowest BCUT2D eigenvalue weighted by molar-refractivity contribution is -0.134. The predicted octanol–water partition coefficient (Wildman–Crippen LogP) is 3.39. The van der Waals surface area contributed by atoms with Gasteiger partial charge in [-0.25, -0.2) is 5.84 Å². The van der Waals surface area contributed by atoms with Crippen LogP contribution in [0.5, 0.6) is 0 Å². The number of hydrazine groups is 1. The Morgan fingerprint density at radius 3 is 2.12 bits per heavy atom. The third-order valence-electron chi connectivity index (χ3n) is 3.71. The summed E-state index contributed by atoms with van der Waals surface area (Å²) in [6.45, 7) is 4.94. The topological polar surface area (TPSA) is 117 Å². The molecule has 7 nitrogen and oxygen atoms in total. The first kappa shape index (κ1) is 26.6. The maximum Gasteiger partial charge on any atom is 0.300 e. The van der Waals surface area contributed by atoms with Gasteiger partial charge in [-0.05, 0) is 19.3 Å². The van der Waals surface area contributed by atoms with E-state index in [2.05, 4.69) is 22.7 Å². The lowest BCUT2D eigenvalue weighted by atomic mass is 10.1. The van der Waals surface area contributed by atoms with Gasteiger partial charge in [0.2, 0.25) is 5.91 Å². The summed E-state index contributed by atoms with van der Waals surface area (Å²) in [5, 5.41) is 10.4. The fraction of sp³-hybridized carbons (Fsp3) is 0.842. The van der Waals surface area contributed by atoms with Crippen LogP contribution in [-0.4, -0.2) is 36.4 Å². The van der Waals surface area contributed by atoms with Crippen molar-refractivity contribution in [2.24, 2.45) is 10.8 Å². The molecule has 0 atom stereocenters. The average Bonchev–Trinajstić information content (AvgIpc) is 2.59. The molecule has 0 aromatic heterocycles. The fourth-order valence-corrected chi connectivity index (χ4v) is 2.36. The summed E-state index contributed by atoms with van der Waals surface area (Å²) in [4.78, 5) is 24.7. The van der Waals surface area contributed by atoms with Crippen molar-refractivity contribution in [1.82, 2.24) is 10.7 Å². The Bertz CT molecular complexity index is 346. The van der Waals surface area contributed by atoms with Crippen LogP contribution < -0.4 is 16.6 Å². The van der Waals surface area contributed by atoms with E-state index in [1.54, 1.807) is 0 Å². The second-order valence-electron chi connectivity index (χ2n) is 6.36. The summed E-state index contributed by atoms with van der Waals surface area (Å²) in [5.41, 5.74) is 2.39. The number of nitrogens with two attached hydrogens (primary N) is 1. The Labute approximate surface area is 159 Å². The van der Waals surface area contributed by atoms with Crippen molar-refractivity contribution < 1.29 is 14.7 Å². The SMILES string of the molecule is CC(=O)O.CCCCCCCCCC(=O)NCCCCCCN=CNN. The van der Waals surface area contributed by atoms with Crippen LogP contribution in [0.4, 0.5) is 0 Å². The van der Waals surface area contributed by atoms with Gasteiger partial charge < -0.3 is 15.8 Å². The summed E-state index contributed by atoms with van der Waals surface area (Å²) in [6.07, 6.45) is 15.4. The molecule has 0 radical (unpaired) electrons. The minimum absolute atomic E-state index is 0.215. The Hall–Kier alpha value is -1.63. The summed E-state index contributed by atoms with van der Waals surface area (Å²) in [5.74, 6) is 4.45. The number of nitrogens with one attached hydrogen (secondary N) is 2. The van der Waals surface area contributed by atoms with E-state index in [0.717, 1.165) is 52.1 Å². The van der Waals surface area contributed by atoms with Gasteiger partial charge in [-0.3, -0.25) is 14.6 Å². The van der Waals surface area contributed by atoms with Gasteiger partial charge in [-0.15, -0.1) is 0 Å². The number of carbonyl (C=O) groups is 2. The molecule has 0 aliphatic rings. The van der Waals surface area contributed by atoms with Crippen molar-refractivity contribution in [3.8, 4) is 0 Å². The van der Waals surface area contributed by atoms with Crippen LogP contribution in [0.1, 0.15) is 90.9 Å². The number of carbonyl (C=O) groups excluding carboxylic acids is 1. The summed E-state index contributed by atoms with van der Waals surface area (Å²) in [7, 11) is 0. The Balaban J connectivity index is 0. The Kier molecular flexibility index (Phi) is 23.9. The third-order valence-corrected chi connectivity index (χ3v) is 3.71. The summed E-state index contributed by atoms with van der Waals surface area (Å²) in [6, 6.07) is 0. The van der Waals surface area contributed by atoms with Crippen LogP contribution in [0, 0.1) is 0 Å². The van der Waals surface area contributed by atoms with Crippen LogP contribution in [0.15, 0.2) is 4.99 Å². The Morgan fingerprint density at radius 1 is 0.962 bits per heavy atom. The summed E-state index contributed by atoms with van der Waals surface area (Å²) < 4.78 is 0. The molecule has 0 bridgehead atoms. The van der Waals surface area contributed by atoms with Crippen molar-refractivity contribution in [1.29, 1.82) is 0 Å². The number of amides is 1. The molecule has 0 spiro atoms. The standard InChI is InChI=1S/C17H36N4O.C2H4O2/c1-2-3-4-5-6-7-10-13-17(22)20-15-12-9-8-11-14-19-16-21-18;1-2(3)4/h16H,2-15,18H2,1H3,(H,19,21)(H,20,22);1H3,(H,3,4). The van der Waals surface area contributed by atoms with E-state index >= 15 is 0 Å². The molecule has 0 saturated heterocycles. The molecule has 0 unspecified atom stereocenters. The van der Waals surface area contributed by atoms with Crippen molar-refractivity contribution >= 4 is 18.2 Å². The second kappa shape index (κ2) is 23.4. The molecule has 0 aliphatic carbocycles. The molecule has 154 valence electrons. The van der Waals surface area contributed by atoms with Crippen molar-refractivity contribution in [3.63, 3.8) is 0 Å². The number of aliphatic imine (C=N–C) groups is 1. The molecular formula is C19H40N4O3. The van der Waals surface area contributed by atoms with Gasteiger partial charge in [0.05, 0.1) is 6.34 Å². The molecule has 26 heavy (non-hydrogen) atoms. The largest absolute Gasteiger partial charge is 0.481 e. The van der Waals surface area contributed by atoms with E-state index in [-0.39, 0.29) is 5.91 Å². The highest BCUT2D eigenvalue weighted by molar-refractivity contribution is 5.75. The molecule has 0 aromatic rings. The molecule has 7 heteroatoms. The van der Waals surface area contributed by atoms with Crippen molar-refractivity contribution in [2.45, 2.75) is 90.9 Å². The lowest BCUT2D eigenvalue weighted by Gasteiger charge is -2.05. The number of aliphatic carboxylic acids is 1. The average molecular weight is 373 g/mol. The molecule has 1 amide bonds. The highest BCUT2D eigenvalue weighted by Crippen LogP contribution is 2.08. The fourth-order valence-electron chi connectivity index (χ4n) is 2.36. The van der Waals surface area contributed by atoms with Crippen molar-refractivity contribution in [2.75, 3.05) is 13.1 Å². The van der Waals surface area contributed by atoms with E-state index < -0.39 is 5.97 Å². The number of hydrogen-bond donors (Lipinski definition) is 4. The van der Waals surface area contributed by atoms with Gasteiger partial charge in [-0.1, -0.05) is 58.3 Å². The normalized spacial score (nSPS) is 10.3. The number of unbranched alkanes of at least 4 members (excludes halogenated alkanes) is 9. The van der Waals surface area contributed by atoms with Gasteiger partial charge >= 0.3 is 0 Å². The van der Waals surface area contributed by atoms with Crippen LogP contribution in [0.25, 0.3) is 0 Å².